The van der Waals surface area contributed by atoms with E-state index >= 15 is 0 Å². The number of pyridine rings is 1. The van der Waals surface area contributed by atoms with Crippen LogP contribution in [0.2, 0.25) is 0 Å². The Bertz CT molecular complexity index is 598. The van der Waals surface area contributed by atoms with Crippen LogP contribution in [0.4, 0.5) is 0 Å². The second-order valence-electron chi connectivity index (χ2n) is 4.25. The Balaban J connectivity index is 2.52. The number of H-pyrrole nitrogens is 1. The molecule has 2 N–H and O–H groups in total. The molecule has 0 aromatic carbocycles. The van der Waals surface area contributed by atoms with Crippen molar-refractivity contribution < 1.29 is 0 Å². The van der Waals surface area contributed by atoms with E-state index in [2.05, 4.69) is 20.3 Å². The maximum absolute atomic E-state index is 11.6. The van der Waals surface area contributed by atoms with E-state index in [1.54, 1.807) is 0 Å². The summed E-state index contributed by atoms with van der Waals surface area (Å²) >= 11 is 0. The van der Waals surface area contributed by atoms with Crippen molar-refractivity contribution in [2.75, 3.05) is 7.05 Å². The molecule has 0 amide bonds. The first-order valence-electron chi connectivity index (χ1n) is 5.79. The summed E-state index contributed by atoms with van der Waals surface area (Å²) in [5.74, 6) is 0.585. The van der Waals surface area contributed by atoms with Gasteiger partial charge < -0.3 is 10.3 Å². The molecule has 0 saturated carbocycles. The zero-order chi connectivity index (χ0) is 13.1. The molecule has 5 nitrogen and oxygen atoms in total. The molecular formula is C13H16N4O. The van der Waals surface area contributed by atoms with Crippen molar-refractivity contribution in [3.05, 3.63) is 45.6 Å². The van der Waals surface area contributed by atoms with E-state index in [0.717, 1.165) is 22.6 Å². The SMILES string of the molecule is CNCc1cc(=O)[nH]c(-c2cc(C)nc(C)c2)n1. The molecule has 0 aliphatic rings. The Morgan fingerprint density at radius 1 is 1.17 bits per heavy atom. The highest BCUT2D eigenvalue weighted by Gasteiger charge is 2.05. The van der Waals surface area contributed by atoms with Crippen LogP contribution in [-0.2, 0) is 6.54 Å². The predicted octanol–water partition coefficient (Wildman–Crippen LogP) is 1.17. The highest BCUT2D eigenvalue weighted by Crippen LogP contribution is 2.15. The summed E-state index contributed by atoms with van der Waals surface area (Å²) in [4.78, 5) is 23.1. The molecule has 0 radical (unpaired) electrons. The molecule has 0 aliphatic carbocycles. The van der Waals surface area contributed by atoms with Crippen LogP contribution in [0.5, 0.6) is 0 Å². The standard InChI is InChI=1S/C13H16N4O/c1-8-4-10(5-9(2)15-8)13-16-11(7-14-3)6-12(18)17-13/h4-6,14H,7H2,1-3H3,(H,16,17,18). The first-order valence-corrected chi connectivity index (χ1v) is 5.79. The average molecular weight is 244 g/mol. The van der Waals surface area contributed by atoms with Gasteiger partial charge in [0.1, 0.15) is 5.82 Å². The molecule has 2 aromatic rings. The number of hydrogen-bond acceptors (Lipinski definition) is 4. The average Bonchev–Trinajstić information content (AvgIpc) is 2.27. The summed E-state index contributed by atoms with van der Waals surface area (Å²) in [6, 6.07) is 5.32. The minimum Gasteiger partial charge on any atom is -0.314 e. The largest absolute Gasteiger partial charge is 0.314 e. The summed E-state index contributed by atoms with van der Waals surface area (Å²) < 4.78 is 0. The van der Waals surface area contributed by atoms with Gasteiger partial charge in [0.05, 0.1) is 5.69 Å². The lowest BCUT2D eigenvalue weighted by Crippen LogP contribution is -2.15. The fourth-order valence-corrected chi connectivity index (χ4v) is 1.89. The van der Waals surface area contributed by atoms with Crippen molar-refractivity contribution in [2.24, 2.45) is 0 Å². The van der Waals surface area contributed by atoms with Crippen LogP contribution in [0.15, 0.2) is 23.0 Å². The van der Waals surface area contributed by atoms with Crippen molar-refractivity contribution in [2.45, 2.75) is 20.4 Å². The van der Waals surface area contributed by atoms with Gasteiger partial charge in [-0.05, 0) is 33.0 Å². The highest BCUT2D eigenvalue weighted by atomic mass is 16.1. The van der Waals surface area contributed by atoms with Gasteiger partial charge in [-0.3, -0.25) is 9.78 Å². The number of aromatic amines is 1. The van der Waals surface area contributed by atoms with Crippen LogP contribution in [0.3, 0.4) is 0 Å². The Kier molecular flexibility index (Phi) is 3.53. The minimum absolute atomic E-state index is 0.141. The molecule has 2 rings (SSSR count). The molecule has 0 fully saturated rings. The van der Waals surface area contributed by atoms with Crippen molar-refractivity contribution >= 4 is 0 Å². The Labute approximate surface area is 105 Å². The van der Waals surface area contributed by atoms with Gasteiger partial charge in [0.2, 0.25) is 0 Å². The summed E-state index contributed by atoms with van der Waals surface area (Å²) in [5, 5.41) is 2.99. The summed E-state index contributed by atoms with van der Waals surface area (Å²) in [6.07, 6.45) is 0. The van der Waals surface area contributed by atoms with Crippen molar-refractivity contribution in [3.63, 3.8) is 0 Å². The van der Waals surface area contributed by atoms with Gasteiger partial charge in [0, 0.05) is 29.6 Å². The lowest BCUT2D eigenvalue weighted by atomic mass is 10.2. The van der Waals surface area contributed by atoms with Crippen LogP contribution in [0.1, 0.15) is 17.1 Å². The smallest absolute Gasteiger partial charge is 0.251 e. The maximum Gasteiger partial charge on any atom is 0.251 e. The molecule has 94 valence electrons. The molecule has 0 bridgehead atoms. The molecule has 0 spiro atoms. The van der Waals surface area contributed by atoms with Gasteiger partial charge >= 0.3 is 0 Å². The van der Waals surface area contributed by atoms with Gasteiger partial charge in [0.15, 0.2) is 0 Å². The molecule has 5 heteroatoms. The number of nitrogens with one attached hydrogen (secondary N) is 2. The van der Waals surface area contributed by atoms with E-state index < -0.39 is 0 Å². The van der Waals surface area contributed by atoms with Gasteiger partial charge in [-0.15, -0.1) is 0 Å². The molecule has 2 aromatic heterocycles. The Morgan fingerprint density at radius 2 is 1.83 bits per heavy atom. The van der Waals surface area contributed by atoms with Crippen LogP contribution in [0, 0.1) is 13.8 Å². The summed E-state index contributed by atoms with van der Waals surface area (Å²) in [5.41, 5.74) is 3.29. The monoisotopic (exact) mass is 244 g/mol. The van der Waals surface area contributed by atoms with Gasteiger partial charge in [-0.25, -0.2) is 4.98 Å². The topological polar surface area (TPSA) is 70.7 Å². The lowest BCUT2D eigenvalue weighted by Gasteiger charge is -2.06. The third-order valence-corrected chi connectivity index (χ3v) is 2.51. The third-order valence-electron chi connectivity index (χ3n) is 2.51. The van der Waals surface area contributed by atoms with Gasteiger partial charge in [-0.2, -0.15) is 0 Å². The van der Waals surface area contributed by atoms with Crippen molar-refractivity contribution in [1.82, 2.24) is 20.3 Å². The zero-order valence-corrected chi connectivity index (χ0v) is 10.7. The van der Waals surface area contributed by atoms with E-state index in [4.69, 9.17) is 0 Å². The second kappa shape index (κ2) is 5.10. The lowest BCUT2D eigenvalue weighted by molar-refractivity contribution is 0.785. The van der Waals surface area contributed by atoms with Crippen LogP contribution >= 0.6 is 0 Å². The molecule has 0 unspecified atom stereocenters. The zero-order valence-electron chi connectivity index (χ0n) is 10.7. The number of rotatable bonds is 3. The number of aryl methyl sites for hydroxylation is 2. The predicted molar refractivity (Wildman–Crippen MR) is 70.3 cm³/mol. The van der Waals surface area contributed by atoms with Crippen LogP contribution in [-0.4, -0.2) is 22.0 Å². The summed E-state index contributed by atoms with van der Waals surface area (Å²) in [7, 11) is 1.82. The Morgan fingerprint density at radius 3 is 2.44 bits per heavy atom. The van der Waals surface area contributed by atoms with Crippen LogP contribution in [0.25, 0.3) is 11.4 Å². The van der Waals surface area contributed by atoms with E-state index in [-0.39, 0.29) is 5.56 Å². The fourth-order valence-electron chi connectivity index (χ4n) is 1.89. The van der Waals surface area contributed by atoms with Gasteiger partial charge in [0.25, 0.3) is 5.56 Å². The molecule has 0 atom stereocenters. The van der Waals surface area contributed by atoms with E-state index in [9.17, 15) is 4.79 Å². The second-order valence-corrected chi connectivity index (χ2v) is 4.25. The normalized spacial score (nSPS) is 10.6. The van der Waals surface area contributed by atoms with Crippen molar-refractivity contribution in [3.8, 4) is 11.4 Å². The van der Waals surface area contributed by atoms with Gasteiger partial charge in [-0.1, -0.05) is 0 Å². The maximum atomic E-state index is 11.6. The van der Waals surface area contributed by atoms with E-state index in [1.807, 2.05) is 33.0 Å². The molecule has 2 heterocycles. The quantitative estimate of drug-likeness (QED) is 0.850. The fraction of sp³-hybridized carbons (Fsp3) is 0.308. The number of nitrogens with zero attached hydrogens (tertiary/aromatic N) is 2. The first kappa shape index (κ1) is 12.4. The van der Waals surface area contributed by atoms with Crippen LogP contribution < -0.4 is 10.9 Å². The molecule has 18 heavy (non-hydrogen) atoms. The molecular weight excluding hydrogens is 228 g/mol. The third kappa shape index (κ3) is 2.81. The molecule has 0 saturated heterocycles. The minimum atomic E-state index is -0.141. The van der Waals surface area contributed by atoms with Crippen molar-refractivity contribution in [1.29, 1.82) is 0 Å². The first-order chi connectivity index (χ1) is 8.58. The molecule has 0 aliphatic heterocycles. The number of hydrogen-bond donors (Lipinski definition) is 2. The number of aromatic nitrogens is 3. The highest BCUT2D eigenvalue weighted by molar-refractivity contribution is 5.55. The Hall–Kier alpha value is -2.01. The summed E-state index contributed by atoms with van der Waals surface area (Å²) in [6.45, 7) is 4.41. The van der Waals surface area contributed by atoms with E-state index in [1.165, 1.54) is 6.07 Å². The van der Waals surface area contributed by atoms with E-state index in [0.29, 0.717) is 12.4 Å².